The lowest BCUT2D eigenvalue weighted by molar-refractivity contribution is -0.150. The Morgan fingerprint density at radius 1 is 1.07 bits per heavy atom. The third-order valence-electron chi connectivity index (χ3n) is 7.89. The summed E-state index contributed by atoms with van der Waals surface area (Å²) < 4.78 is 11.6. The van der Waals surface area contributed by atoms with Crippen molar-refractivity contribution in [3.05, 3.63) is 52.6 Å². The largest absolute Gasteiger partial charge is 0.496 e. The van der Waals surface area contributed by atoms with Gasteiger partial charge in [0.15, 0.2) is 0 Å². The first-order valence-electron chi connectivity index (χ1n) is 13.8. The van der Waals surface area contributed by atoms with Crippen molar-refractivity contribution < 1.29 is 29.0 Å². The van der Waals surface area contributed by atoms with Crippen molar-refractivity contribution in [2.75, 3.05) is 19.0 Å². The summed E-state index contributed by atoms with van der Waals surface area (Å²) in [6, 6.07) is 10.3. The number of anilines is 1. The highest BCUT2D eigenvalue weighted by molar-refractivity contribution is 6.10. The number of aliphatic carboxylic acids is 1. The summed E-state index contributed by atoms with van der Waals surface area (Å²) in [7, 11) is 1.41. The van der Waals surface area contributed by atoms with Gasteiger partial charge in [0.2, 0.25) is 0 Å². The topological polar surface area (TPSA) is 138 Å². The molecule has 3 rings (SSSR count). The van der Waals surface area contributed by atoms with Crippen LogP contribution in [0.2, 0.25) is 0 Å². The maximum atomic E-state index is 13.5. The number of nitrogens with zero attached hydrogens (tertiary/aromatic N) is 1. The molecule has 0 aromatic heterocycles. The Labute approximate surface area is 235 Å². The second kappa shape index (κ2) is 13.3. The average molecular weight is 550 g/mol. The maximum absolute atomic E-state index is 13.5. The van der Waals surface area contributed by atoms with Crippen molar-refractivity contribution in [1.29, 1.82) is 5.26 Å². The highest BCUT2D eigenvalue weighted by Gasteiger charge is 2.38. The second-order valence-corrected chi connectivity index (χ2v) is 10.7. The SMILES string of the molecule is CCC(CC)CNC(=O)c1ccc(C)cc1NC(=O)c1cc(O[C@H]2CC[C@@](C)(C(=O)O)CC2)c(C#N)cc1OC. The molecule has 9 heteroatoms. The molecule has 2 aromatic rings. The van der Waals surface area contributed by atoms with E-state index in [0.717, 1.165) is 18.4 Å². The molecule has 214 valence electrons. The molecule has 1 aliphatic carbocycles. The van der Waals surface area contributed by atoms with E-state index in [1.807, 2.05) is 13.0 Å². The van der Waals surface area contributed by atoms with Gasteiger partial charge in [0, 0.05) is 12.6 Å². The van der Waals surface area contributed by atoms with Gasteiger partial charge in [-0.2, -0.15) is 5.26 Å². The minimum Gasteiger partial charge on any atom is -0.496 e. The van der Waals surface area contributed by atoms with Crippen molar-refractivity contribution >= 4 is 23.5 Å². The molecule has 0 unspecified atom stereocenters. The van der Waals surface area contributed by atoms with Gasteiger partial charge in [-0.15, -0.1) is 0 Å². The number of carboxylic acid groups (broad SMARTS) is 1. The summed E-state index contributed by atoms with van der Waals surface area (Å²) in [6.07, 6.45) is 3.56. The molecule has 0 radical (unpaired) electrons. The van der Waals surface area contributed by atoms with Crippen LogP contribution in [0, 0.1) is 29.6 Å². The number of carboxylic acids is 1. The summed E-state index contributed by atoms with van der Waals surface area (Å²) in [5.74, 6) is -0.833. The molecule has 0 bridgehead atoms. The van der Waals surface area contributed by atoms with E-state index < -0.39 is 17.3 Å². The Morgan fingerprint density at radius 3 is 2.33 bits per heavy atom. The van der Waals surface area contributed by atoms with Crippen molar-refractivity contribution in [2.24, 2.45) is 11.3 Å². The highest BCUT2D eigenvalue weighted by atomic mass is 16.5. The molecule has 0 spiro atoms. The van der Waals surface area contributed by atoms with E-state index in [1.54, 1.807) is 19.1 Å². The van der Waals surface area contributed by atoms with Gasteiger partial charge in [0.25, 0.3) is 11.8 Å². The maximum Gasteiger partial charge on any atom is 0.309 e. The molecule has 1 fully saturated rings. The Morgan fingerprint density at radius 2 is 1.75 bits per heavy atom. The van der Waals surface area contributed by atoms with Gasteiger partial charge in [0.05, 0.1) is 41.0 Å². The number of hydrogen-bond donors (Lipinski definition) is 3. The van der Waals surface area contributed by atoms with Crippen LogP contribution in [0.1, 0.15) is 91.1 Å². The molecule has 9 nitrogen and oxygen atoms in total. The molecular weight excluding hydrogens is 510 g/mol. The molecule has 2 aromatic carbocycles. The van der Waals surface area contributed by atoms with E-state index in [9.17, 15) is 24.8 Å². The molecule has 0 saturated heterocycles. The van der Waals surface area contributed by atoms with E-state index in [0.29, 0.717) is 49.4 Å². The van der Waals surface area contributed by atoms with Gasteiger partial charge in [-0.05, 0) is 69.2 Å². The summed E-state index contributed by atoms with van der Waals surface area (Å²) in [6.45, 7) is 8.32. The first-order valence-corrected chi connectivity index (χ1v) is 13.8. The fourth-order valence-corrected chi connectivity index (χ4v) is 4.89. The first kappa shape index (κ1) is 30.5. The lowest BCUT2D eigenvalue weighted by atomic mass is 9.75. The van der Waals surface area contributed by atoms with Crippen molar-refractivity contribution in [1.82, 2.24) is 5.32 Å². The van der Waals surface area contributed by atoms with Gasteiger partial charge in [-0.3, -0.25) is 14.4 Å². The smallest absolute Gasteiger partial charge is 0.309 e. The zero-order chi connectivity index (χ0) is 29.4. The first-order chi connectivity index (χ1) is 19.0. The second-order valence-electron chi connectivity index (χ2n) is 10.7. The van der Waals surface area contributed by atoms with E-state index in [-0.39, 0.29) is 34.6 Å². The van der Waals surface area contributed by atoms with Crippen LogP contribution in [0.5, 0.6) is 11.5 Å². The van der Waals surface area contributed by atoms with E-state index in [4.69, 9.17) is 9.47 Å². The predicted molar refractivity (Wildman–Crippen MR) is 152 cm³/mol. The van der Waals surface area contributed by atoms with Crippen LogP contribution >= 0.6 is 0 Å². The standard InChI is InChI=1S/C31H39N3O6/c1-6-20(7-2)18-33-28(35)23-9-8-19(3)14-25(23)34-29(36)24-16-26(21(17-32)15-27(24)39-5)40-22-10-12-31(4,13-11-22)30(37)38/h8-9,14-16,20,22H,6-7,10-13,18H2,1-5H3,(H,33,35)(H,34,36)(H,37,38)/t22-,31+. The van der Waals surface area contributed by atoms with Crippen molar-refractivity contribution in [3.63, 3.8) is 0 Å². The number of carbonyl (C=O) groups excluding carboxylic acids is 2. The summed E-state index contributed by atoms with van der Waals surface area (Å²) >= 11 is 0. The van der Waals surface area contributed by atoms with Crippen LogP contribution in [0.25, 0.3) is 0 Å². The third kappa shape index (κ3) is 7.12. The molecule has 1 aliphatic rings. The number of carbonyl (C=O) groups is 3. The fourth-order valence-electron chi connectivity index (χ4n) is 4.89. The Hall–Kier alpha value is -4.06. The molecule has 3 N–H and O–H groups in total. The highest BCUT2D eigenvalue weighted by Crippen LogP contribution is 2.39. The van der Waals surface area contributed by atoms with Crippen LogP contribution in [0.3, 0.4) is 0 Å². The Bertz CT molecular complexity index is 1290. The van der Waals surface area contributed by atoms with Crippen LogP contribution < -0.4 is 20.1 Å². The minimum absolute atomic E-state index is 0.146. The number of nitriles is 1. The monoisotopic (exact) mass is 549 g/mol. The number of methoxy groups -OCH3 is 1. The molecule has 0 atom stereocenters. The van der Waals surface area contributed by atoms with Gasteiger partial charge in [-0.1, -0.05) is 32.8 Å². The predicted octanol–water partition coefficient (Wildman–Crippen LogP) is 5.71. The lowest BCUT2D eigenvalue weighted by Gasteiger charge is -2.34. The Kier molecular flexibility index (Phi) is 10.2. The van der Waals surface area contributed by atoms with Crippen LogP contribution in [-0.2, 0) is 4.79 Å². The molecule has 0 aliphatic heterocycles. The zero-order valence-electron chi connectivity index (χ0n) is 23.9. The summed E-state index contributed by atoms with van der Waals surface area (Å²) in [5, 5.41) is 25.1. The molecule has 2 amide bonds. The van der Waals surface area contributed by atoms with Gasteiger partial charge < -0.3 is 25.2 Å². The fraction of sp³-hybridized carbons (Fsp3) is 0.484. The van der Waals surface area contributed by atoms with Gasteiger partial charge in [0.1, 0.15) is 17.6 Å². The zero-order valence-corrected chi connectivity index (χ0v) is 23.9. The van der Waals surface area contributed by atoms with Crippen molar-refractivity contribution in [2.45, 2.75) is 72.3 Å². The van der Waals surface area contributed by atoms with Crippen LogP contribution in [0.4, 0.5) is 5.69 Å². The van der Waals surface area contributed by atoms with E-state index in [1.165, 1.54) is 19.2 Å². The quantitative estimate of drug-likeness (QED) is 0.327. The number of benzene rings is 2. The lowest BCUT2D eigenvalue weighted by Crippen LogP contribution is -2.36. The average Bonchev–Trinajstić information content (AvgIpc) is 2.94. The number of rotatable bonds is 11. The number of amides is 2. The van der Waals surface area contributed by atoms with E-state index in [2.05, 4.69) is 30.6 Å². The van der Waals surface area contributed by atoms with Gasteiger partial charge >= 0.3 is 5.97 Å². The molecule has 40 heavy (non-hydrogen) atoms. The van der Waals surface area contributed by atoms with Gasteiger partial charge in [-0.25, -0.2) is 0 Å². The normalized spacial score (nSPS) is 18.5. The minimum atomic E-state index is -0.827. The van der Waals surface area contributed by atoms with E-state index >= 15 is 0 Å². The number of ether oxygens (including phenoxy) is 2. The molecular formula is C31H39N3O6. The number of hydrogen-bond acceptors (Lipinski definition) is 6. The third-order valence-corrected chi connectivity index (χ3v) is 7.89. The summed E-state index contributed by atoms with van der Waals surface area (Å²) in [5.41, 5.74) is 1.13. The summed E-state index contributed by atoms with van der Waals surface area (Å²) in [4.78, 5) is 38.1. The number of aryl methyl sites for hydroxylation is 1. The molecule has 0 heterocycles. The number of nitrogens with one attached hydrogen (secondary N) is 2. The molecule has 1 saturated carbocycles. The van der Waals surface area contributed by atoms with Crippen LogP contribution in [-0.4, -0.2) is 42.6 Å². The van der Waals surface area contributed by atoms with Crippen LogP contribution in [0.15, 0.2) is 30.3 Å². The van der Waals surface area contributed by atoms with Crippen molar-refractivity contribution in [3.8, 4) is 17.6 Å². The Balaban J connectivity index is 1.85.